The molecule has 0 radical (unpaired) electrons. The molecule has 2 aromatic carbocycles. The van der Waals surface area contributed by atoms with E-state index in [1.807, 2.05) is 43.3 Å². The summed E-state index contributed by atoms with van der Waals surface area (Å²) in [5.74, 6) is -0.436. The number of thioether (sulfide) groups is 1. The molecule has 0 saturated carbocycles. The highest BCUT2D eigenvalue weighted by Crippen LogP contribution is 2.34. The molecule has 202 valence electrons. The fourth-order valence-corrected chi connectivity index (χ4v) is 6.40. The van der Waals surface area contributed by atoms with E-state index in [1.165, 1.54) is 17.3 Å². The maximum absolute atomic E-state index is 13.0. The van der Waals surface area contributed by atoms with Crippen molar-refractivity contribution in [2.45, 2.75) is 62.6 Å². The number of anilines is 1. The number of rotatable bonds is 8. The summed E-state index contributed by atoms with van der Waals surface area (Å²) >= 11 is 7.36. The van der Waals surface area contributed by atoms with Crippen LogP contribution in [-0.4, -0.2) is 68.5 Å². The Labute approximate surface area is 232 Å². The summed E-state index contributed by atoms with van der Waals surface area (Å²) in [6.45, 7) is 4.93. The van der Waals surface area contributed by atoms with Crippen molar-refractivity contribution in [3.63, 3.8) is 0 Å². The second-order valence-electron chi connectivity index (χ2n) is 10.7. The first-order valence-corrected chi connectivity index (χ1v) is 14.3. The molecule has 2 atom stereocenters. The Kier molecular flexibility index (Phi) is 8.00. The Balaban J connectivity index is 1.21. The molecular weight excluding hydrogens is 522 g/mol. The Morgan fingerprint density at radius 3 is 2.42 bits per heavy atom. The zero-order chi connectivity index (χ0) is 26.9. The molecule has 5 rings (SSSR count). The van der Waals surface area contributed by atoms with Gasteiger partial charge in [0.25, 0.3) is 5.91 Å². The quantitative estimate of drug-likeness (QED) is 0.516. The van der Waals surface area contributed by atoms with E-state index in [1.54, 1.807) is 9.91 Å². The molecule has 2 fully saturated rings. The van der Waals surface area contributed by atoms with Crippen LogP contribution in [0.15, 0.2) is 53.6 Å². The van der Waals surface area contributed by atoms with Gasteiger partial charge in [0.15, 0.2) is 5.37 Å². The molecule has 3 heterocycles. The number of benzene rings is 2. The third-order valence-electron chi connectivity index (χ3n) is 7.57. The minimum Gasteiger partial charge on any atom is -0.390 e. The monoisotopic (exact) mass is 555 g/mol. The van der Waals surface area contributed by atoms with Gasteiger partial charge >= 0.3 is 0 Å². The van der Waals surface area contributed by atoms with E-state index in [9.17, 15) is 14.7 Å². The molecule has 0 aliphatic carbocycles. The second-order valence-corrected chi connectivity index (χ2v) is 12.3. The lowest BCUT2D eigenvalue weighted by Crippen LogP contribution is -2.44. The number of carbonyl (C=O) groups is 2. The summed E-state index contributed by atoms with van der Waals surface area (Å²) < 4.78 is 0. The van der Waals surface area contributed by atoms with Gasteiger partial charge in [-0.05, 0) is 61.6 Å². The van der Waals surface area contributed by atoms with Crippen LogP contribution in [0, 0.1) is 0 Å². The highest BCUT2D eigenvalue weighted by molar-refractivity contribution is 8.15. The van der Waals surface area contributed by atoms with Crippen LogP contribution < -0.4 is 10.6 Å². The van der Waals surface area contributed by atoms with Crippen molar-refractivity contribution in [1.29, 1.82) is 0 Å². The van der Waals surface area contributed by atoms with E-state index in [0.717, 1.165) is 55.2 Å². The van der Waals surface area contributed by atoms with Crippen molar-refractivity contribution in [1.82, 2.24) is 9.91 Å². The van der Waals surface area contributed by atoms with Gasteiger partial charge in [-0.25, -0.2) is 0 Å². The van der Waals surface area contributed by atoms with Crippen LogP contribution in [0.3, 0.4) is 0 Å². The van der Waals surface area contributed by atoms with Crippen LogP contribution in [0.25, 0.3) is 0 Å². The molecule has 3 aliphatic heterocycles. The molecular formula is C28H34ClN5O3S. The van der Waals surface area contributed by atoms with Gasteiger partial charge < -0.3 is 15.7 Å². The summed E-state index contributed by atoms with van der Waals surface area (Å²) in [4.78, 5) is 29.4. The third-order valence-corrected chi connectivity index (χ3v) is 9.05. The summed E-state index contributed by atoms with van der Waals surface area (Å²) in [5.41, 5.74) is 8.33. The molecule has 38 heavy (non-hydrogen) atoms. The number of hydrogen-bond acceptors (Lipinski definition) is 7. The number of primary amides is 1. The highest BCUT2D eigenvalue weighted by Gasteiger charge is 2.42. The molecule has 3 N–H and O–H groups in total. The fourth-order valence-electron chi connectivity index (χ4n) is 5.21. The SMILES string of the molecule is CC1(O)CCN(Cc2ccc(N3C[C@H](N4N=C(CCc5ccc(Cl)cc5)SC4C(N)=O)CC3=O)cc2)CC1. The first kappa shape index (κ1) is 27.0. The zero-order valence-electron chi connectivity index (χ0n) is 21.6. The number of likely N-dealkylation sites (tertiary alicyclic amines) is 1. The van der Waals surface area contributed by atoms with Gasteiger partial charge in [-0.15, -0.1) is 0 Å². The molecule has 0 bridgehead atoms. The number of piperidine rings is 1. The normalized spacial score (nSPS) is 23.7. The van der Waals surface area contributed by atoms with Crippen molar-refractivity contribution in [2.75, 3.05) is 24.5 Å². The van der Waals surface area contributed by atoms with Crippen LogP contribution in [0.1, 0.15) is 43.7 Å². The molecule has 3 aliphatic rings. The number of hydrogen-bond donors (Lipinski definition) is 2. The lowest BCUT2D eigenvalue weighted by molar-refractivity contribution is -0.121. The van der Waals surface area contributed by atoms with E-state index in [-0.39, 0.29) is 18.4 Å². The number of amides is 2. The van der Waals surface area contributed by atoms with Crippen LogP contribution in [-0.2, 0) is 22.6 Å². The molecule has 0 spiro atoms. The number of halogens is 1. The summed E-state index contributed by atoms with van der Waals surface area (Å²) in [5, 5.41) is 17.6. The molecule has 0 aromatic heterocycles. The molecule has 1 unspecified atom stereocenters. The number of hydrazone groups is 1. The minimum atomic E-state index is -0.610. The van der Waals surface area contributed by atoms with E-state index in [0.29, 0.717) is 18.0 Å². The molecule has 8 nitrogen and oxygen atoms in total. The van der Waals surface area contributed by atoms with Gasteiger partial charge in [-0.2, -0.15) is 5.10 Å². The maximum atomic E-state index is 13.0. The van der Waals surface area contributed by atoms with E-state index >= 15 is 0 Å². The number of nitrogens with zero attached hydrogens (tertiary/aromatic N) is 4. The molecule has 2 amide bonds. The van der Waals surface area contributed by atoms with Gasteiger partial charge in [-0.3, -0.25) is 19.5 Å². The first-order chi connectivity index (χ1) is 18.2. The standard InChI is InChI=1S/C28H34ClN5O3S/c1-28(37)12-14-32(15-13-28)17-20-4-9-22(10-5-20)33-18-23(16-25(33)35)34-27(26(30)36)38-24(31-34)11-6-19-2-7-21(29)8-3-19/h2-5,7-10,23,27,37H,6,11-18H2,1H3,(H2,30,36)/t23-,27?/m1/s1. The zero-order valence-corrected chi connectivity index (χ0v) is 23.1. The first-order valence-electron chi connectivity index (χ1n) is 13.1. The van der Waals surface area contributed by atoms with E-state index in [4.69, 9.17) is 22.4 Å². The average molecular weight is 556 g/mol. The highest BCUT2D eigenvalue weighted by atomic mass is 35.5. The Morgan fingerprint density at radius 1 is 1.11 bits per heavy atom. The van der Waals surface area contributed by atoms with Gasteiger partial charge in [-0.1, -0.05) is 47.6 Å². The van der Waals surface area contributed by atoms with E-state index in [2.05, 4.69) is 17.0 Å². The van der Waals surface area contributed by atoms with Crippen molar-refractivity contribution in [3.05, 3.63) is 64.7 Å². The van der Waals surface area contributed by atoms with Gasteiger partial charge in [0.1, 0.15) is 0 Å². The summed E-state index contributed by atoms with van der Waals surface area (Å²) in [6.07, 6.45) is 3.31. The predicted octanol–water partition coefficient (Wildman–Crippen LogP) is 3.60. The predicted molar refractivity (Wildman–Crippen MR) is 152 cm³/mol. The lowest BCUT2D eigenvalue weighted by atomic mass is 9.93. The largest absolute Gasteiger partial charge is 0.390 e. The second kappa shape index (κ2) is 11.3. The lowest BCUT2D eigenvalue weighted by Gasteiger charge is -2.35. The Morgan fingerprint density at radius 2 is 1.76 bits per heavy atom. The van der Waals surface area contributed by atoms with Crippen molar-refractivity contribution in [3.8, 4) is 0 Å². The van der Waals surface area contributed by atoms with Crippen LogP contribution in [0.5, 0.6) is 0 Å². The average Bonchev–Trinajstić information content (AvgIpc) is 3.49. The summed E-state index contributed by atoms with van der Waals surface area (Å²) in [7, 11) is 0. The summed E-state index contributed by atoms with van der Waals surface area (Å²) in [6, 6.07) is 15.6. The fraction of sp³-hybridized carbons (Fsp3) is 0.464. The molecule has 10 heteroatoms. The van der Waals surface area contributed by atoms with Crippen molar-refractivity contribution >= 4 is 45.9 Å². The smallest absolute Gasteiger partial charge is 0.252 e. The van der Waals surface area contributed by atoms with Crippen molar-refractivity contribution < 1.29 is 14.7 Å². The van der Waals surface area contributed by atoms with Crippen LogP contribution >= 0.6 is 23.4 Å². The minimum absolute atomic E-state index is 0.0130. The Hall–Kier alpha value is -2.59. The maximum Gasteiger partial charge on any atom is 0.252 e. The number of nitrogens with two attached hydrogens (primary N) is 1. The molecule has 2 aromatic rings. The Bertz CT molecular complexity index is 1190. The van der Waals surface area contributed by atoms with Gasteiger partial charge in [0.2, 0.25) is 5.91 Å². The number of carbonyl (C=O) groups excluding carboxylic acids is 2. The number of aliphatic hydroxyl groups is 1. The van der Waals surface area contributed by atoms with Crippen LogP contribution in [0.2, 0.25) is 5.02 Å². The van der Waals surface area contributed by atoms with Crippen LogP contribution in [0.4, 0.5) is 5.69 Å². The molecule has 2 saturated heterocycles. The third kappa shape index (κ3) is 6.34. The topological polar surface area (TPSA) is 102 Å². The van der Waals surface area contributed by atoms with Gasteiger partial charge in [0.05, 0.1) is 23.1 Å². The van der Waals surface area contributed by atoms with Gasteiger partial charge in [0, 0.05) is 43.3 Å². The van der Waals surface area contributed by atoms with Crippen molar-refractivity contribution in [2.24, 2.45) is 10.8 Å². The van der Waals surface area contributed by atoms with E-state index < -0.39 is 16.9 Å². The number of aryl methyl sites for hydroxylation is 1.